The number of hydrogen-bond donors (Lipinski definition) is 1. The van der Waals surface area contributed by atoms with Crippen molar-refractivity contribution in [1.82, 2.24) is 0 Å². The Balaban J connectivity index is 3.34. The third-order valence-corrected chi connectivity index (χ3v) is 1.98. The lowest BCUT2D eigenvalue weighted by atomic mass is 10.1. The van der Waals surface area contributed by atoms with Crippen LogP contribution in [0.3, 0.4) is 0 Å². The predicted octanol–water partition coefficient (Wildman–Crippen LogP) is 1.87. The van der Waals surface area contributed by atoms with Gasteiger partial charge in [-0.2, -0.15) is 0 Å². The summed E-state index contributed by atoms with van der Waals surface area (Å²) < 4.78 is 22.3. The van der Waals surface area contributed by atoms with Crippen molar-refractivity contribution in [3.05, 3.63) is 23.3 Å². The quantitative estimate of drug-likeness (QED) is 0.831. The van der Waals surface area contributed by atoms with Crippen LogP contribution < -0.4 is 9.47 Å². The van der Waals surface area contributed by atoms with Gasteiger partial charge in [0.15, 0.2) is 0 Å². The third kappa shape index (κ3) is 2.18. The van der Waals surface area contributed by atoms with Crippen molar-refractivity contribution in [2.75, 3.05) is 14.2 Å². The second-order valence-corrected chi connectivity index (χ2v) is 2.80. The Morgan fingerprint density at radius 1 is 1.33 bits per heavy atom. The van der Waals surface area contributed by atoms with Gasteiger partial charge in [0.2, 0.25) is 0 Å². The third-order valence-electron chi connectivity index (χ3n) is 1.98. The molecule has 5 heteroatoms. The molecule has 0 aliphatic carbocycles. The normalized spacial score (nSPS) is 9.80. The number of halogens is 1. The number of ether oxygens (including phenoxy) is 2. The molecule has 0 unspecified atom stereocenters. The molecule has 82 valence electrons. The zero-order valence-electron chi connectivity index (χ0n) is 8.41. The van der Waals surface area contributed by atoms with E-state index >= 15 is 0 Å². The molecule has 0 spiro atoms. The minimum atomic E-state index is -1.16. The summed E-state index contributed by atoms with van der Waals surface area (Å²) in [6, 6.07) is 2.57. The highest BCUT2D eigenvalue weighted by molar-refractivity contribution is 5.91. The summed E-state index contributed by atoms with van der Waals surface area (Å²) in [5, 5.41) is 8.84. The van der Waals surface area contributed by atoms with Crippen molar-refractivity contribution < 1.29 is 23.8 Å². The molecule has 1 aromatic rings. The van der Waals surface area contributed by atoms with Gasteiger partial charge in [0, 0.05) is 11.6 Å². The van der Waals surface area contributed by atoms with Gasteiger partial charge < -0.3 is 14.6 Å². The Morgan fingerprint density at radius 3 is 2.33 bits per heavy atom. The lowest BCUT2D eigenvalue weighted by Crippen LogP contribution is -2.03. The molecular formula is C10H11FO4. The minimum Gasteiger partial charge on any atom is -0.496 e. The fourth-order valence-corrected chi connectivity index (χ4v) is 1.24. The number of rotatable bonds is 4. The van der Waals surface area contributed by atoms with Crippen molar-refractivity contribution in [3.63, 3.8) is 0 Å². The first-order valence-corrected chi connectivity index (χ1v) is 4.18. The number of benzene rings is 1. The number of methoxy groups -OCH3 is 2. The highest BCUT2D eigenvalue weighted by Crippen LogP contribution is 2.29. The summed E-state index contributed by atoms with van der Waals surface area (Å²) >= 11 is 0. The molecule has 0 aromatic heterocycles. The van der Waals surface area contributed by atoms with E-state index in [4.69, 9.17) is 14.6 Å². The maximum Gasteiger partial charge on any atom is 0.339 e. The molecule has 0 radical (unpaired) electrons. The Bertz CT molecular complexity index is 376. The monoisotopic (exact) mass is 214 g/mol. The smallest absolute Gasteiger partial charge is 0.339 e. The van der Waals surface area contributed by atoms with Gasteiger partial charge in [-0.15, -0.1) is 0 Å². The molecule has 0 atom stereocenters. The molecule has 0 heterocycles. The van der Waals surface area contributed by atoms with Gasteiger partial charge in [-0.1, -0.05) is 0 Å². The highest BCUT2D eigenvalue weighted by Gasteiger charge is 2.15. The van der Waals surface area contributed by atoms with E-state index in [0.717, 1.165) is 0 Å². The molecule has 1 N–H and O–H groups in total. The molecule has 1 rings (SSSR count). The molecule has 1 aromatic carbocycles. The van der Waals surface area contributed by atoms with Gasteiger partial charge >= 0.3 is 5.97 Å². The fraction of sp³-hybridized carbons (Fsp3) is 0.300. The molecule has 4 nitrogen and oxygen atoms in total. The van der Waals surface area contributed by atoms with Crippen molar-refractivity contribution in [2.24, 2.45) is 0 Å². The predicted molar refractivity (Wildman–Crippen MR) is 51.3 cm³/mol. The van der Waals surface area contributed by atoms with Crippen LogP contribution in [-0.2, 0) is 6.67 Å². The van der Waals surface area contributed by atoms with E-state index in [0.29, 0.717) is 0 Å². The van der Waals surface area contributed by atoms with Gasteiger partial charge in [0.25, 0.3) is 0 Å². The Hall–Kier alpha value is -1.78. The van der Waals surface area contributed by atoms with Crippen molar-refractivity contribution >= 4 is 5.97 Å². The van der Waals surface area contributed by atoms with E-state index in [2.05, 4.69) is 0 Å². The van der Waals surface area contributed by atoms with Crippen molar-refractivity contribution in [2.45, 2.75) is 6.67 Å². The van der Waals surface area contributed by atoms with Gasteiger partial charge in [-0.05, 0) is 6.07 Å². The largest absolute Gasteiger partial charge is 0.496 e. The average Bonchev–Trinajstić information content (AvgIpc) is 2.26. The molecule has 15 heavy (non-hydrogen) atoms. The second-order valence-electron chi connectivity index (χ2n) is 2.80. The Morgan fingerprint density at radius 2 is 1.93 bits per heavy atom. The zero-order valence-corrected chi connectivity index (χ0v) is 8.41. The first-order chi connectivity index (χ1) is 7.13. The molecule has 0 aliphatic rings. The van der Waals surface area contributed by atoms with Crippen LogP contribution in [0.4, 0.5) is 4.39 Å². The summed E-state index contributed by atoms with van der Waals surface area (Å²) in [5.74, 6) is -0.736. The van der Waals surface area contributed by atoms with Crippen LogP contribution in [0, 0.1) is 0 Å². The molecule has 0 saturated heterocycles. The second kappa shape index (κ2) is 4.63. The highest BCUT2D eigenvalue weighted by atomic mass is 19.1. The summed E-state index contributed by atoms with van der Waals surface area (Å²) in [4.78, 5) is 10.8. The van der Waals surface area contributed by atoms with Crippen LogP contribution in [0.5, 0.6) is 11.5 Å². The summed E-state index contributed by atoms with van der Waals surface area (Å²) in [5.41, 5.74) is 0.113. The average molecular weight is 214 g/mol. The lowest BCUT2D eigenvalue weighted by Gasteiger charge is -2.10. The first-order valence-electron chi connectivity index (χ1n) is 4.18. The van der Waals surface area contributed by atoms with E-state index in [1.54, 1.807) is 0 Å². The van der Waals surface area contributed by atoms with Crippen molar-refractivity contribution in [1.29, 1.82) is 0 Å². The number of aromatic carboxylic acids is 1. The summed E-state index contributed by atoms with van der Waals surface area (Å²) in [6.45, 7) is -0.784. The van der Waals surface area contributed by atoms with E-state index in [-0.39, 0.29) is 22.6 Å². The summed E-state index contributed by atoms with van der Waals surface area (Å²) in [7, 11) is 2.73. The Kier molecular flexibility index (Phi) is 3.49. The lowest BCUT2D eigenvalue weighted by molar-refractivity contribution is 0.0693. The molecule has 0 aliphatic heterocycles. The fourth-order valence-electron chi connectivity index (χ4n) is 1.24. The number of carboxylic acids is 1. The van der Waals surface area contributed by atoms with Gasteiger partial charge in [-0.25, -0.2) is 9.18 Å². The number of carboxylic acid groups (broad SMARTS) is 1. The van der Waals surface area contributed by atoms with Crippen LogP contribution in [0.15, 0.2) is 12.1 Å². The topological polar surface area (TPSA) is 55.8 Å². The van der Waals surface area contributed by atoms with E-state index < -0.39 is 12.6 Å². The number of alkyl halides is 1. The van der Waals surface area contributed by atoms with E-state index in [1.807, 2.05) is 0 Å². The van der Waals surface area contributed by atoms with E-state index in [1.165, 1.54) is 26.4 Å². The zero-order chi connectivity index (χ0) is 11.4. The first kappa shape index (κ1) is 11.3. The summed E-state index contributed by atoms with van der Waals surface area (Å²) in [6.07, 6.45) is 0. The van der Waals surface area contributed by atoms with Crippen LogP contribution >= 0.6 is 0 Å². The van der Waals surface area contributed by atoms with Crippen LogP contribution in [0.2, 0.25) is 0 Å². The van der Waals surface area contributed by atoms with Crippen molar-refractivity contribution in [3.8, 4) is 11.5 Å². The minimum absolute atomic E-state index is 0.0778. The number of hydrogen-bond acceptors (Lipinski definition) is 3. The standard InChI is InChI=1S/C10H11FO4/c1-14-8-4-9(15-2)7(10(12)13)3-6(8)5-11/h3-4H,5H2,1-2H3,(H,12,13). The Labute approximate surface area is 86.2 Å². The maximum atomic E-state index is 12.5. The molecule has 0 amide bonds. The van der Waals surface area contributed by atoms with Gasteiger partial charge in [-0.3, -0.25) is 0 Å². The molecule has 0 fully saturated rings. The van der Waals surface area contributed by atoms with Crippen LogP contribution in [-0.4, -0.2) is 25.3 Å². The van der Waals surface area contributed by atoms with Crippen LogP contribution in [0.1, 0.15) is 15.9 Å². The van der Waals surface area contributed by atoms with Crippen LogP contribution in [0.25, 0.3) is 0 Å². The molecule has 0 bridgehead atoms. The number of carbonyl (C=O) groups is 1. The molecular weight excluding hydrogens is 203 g/mol. The van der Waals surface area contributed by atoms with Gasteiger partial charge in [0.05, 0.1) is 14.2 Å². The van der Waals surface area contributed by atoms with E-state index in [9.17, 15) is 9.18 Å². The SMILES string of the molecule is COc1cc(OC)c(C(=O)O)cc1CF. The molecule has 0 saturated carbocycles. The maximum absolute atomic E-state index is 12.5. The van der Waals surface area contributed by atoms with Gasteiger partial charge in [0.1, 0.15) is 23.7 Å².